The van der Waals surface area contributed by atoms with Crippen LogP contribution in [0.2, 0.25) is 0 Å². The second-order valence-corrected chi connectivity index (χ2v) is 4.40. The number of hydrogen-bond acceptors (Lipinski definition) is 1. The molecule has 1 saturated carbocycles. The van der Waals surface area contributed by atoms with E-state index >= 15 is 0 Å². The van der Waals surface area contributed by atoms with Crippen LogP contribution >= 0.6 is 0 Å². The minimum Gasteiger partial charge on any atom is -0.324 e. The fraction of sp³-hybridized carbons (Fsp3) is 0.500. The van der Waals surface area contributed by atoms with E-state index in [1.165, 1.54) is 12.5 Å². The molecule has 1 nitrogen and oxygen atoms in total. The fourth-order valence-corrected chi connectivity index (χ4v) is 2.10. The molecule has 1 aromatic carbocycles. The molecule has 3 atom stereocenters. The third-order valence-corrected chi connectivity index (χ3v) is 3.22. The predicted molar refractivity (Wildman–Crippen MR) is 55.3 cm³/mol. The van der Waals surface area contributed by atoms with Crippen molar-refractivity contribution < 1.29 is 4.39 Å². The molecule has 0 spiro atoms. The van der Waals surface area contributed by atoms with Gasteiger partial charge in [-0.3, -0.25) is 0 Å². The van der Waals surface area contributed by atoms with Crippen molar-refractivity contribution in [1.82, 2.24) is 0 Å². The fourth-order valence-electron chi connectivity index (χ4n) is 2.10. The van der Waals surface area contributed by atoms with Crippen molar-refractivity contribution in [3.63, 3.8) is 0 Å². The summed E-state index contributed by atoms with van der Waals surface area (Å²) in [5.74, 6) is 1.15. The highest BCUT2D eigenvalue weighted by Gasteiger charge is 2.38. The number of hydrogen-bond donors (Lipinski definition) is 1. The minimum atomic E-state index is -0.178. The van der Waals surface area contributed by atoms with Crippen LogP contribution in [-0.4, -0.2) is 0 Å². The number of halogens is 1. The smallest absolute Gasteiger partial charge is 0.123 e. The van der Waals surface area contributed by atoms with E-state index in [0.29, 0.717) is 5.92 Å². The molecule has 14 heavy (non-hydrogen) atoms. The largest absolute Gasteiger partial charge is 0.324 e. The Balaban J connectivity index is 2.23. The van der Waals surface area contributed by atoms with E-state index in [0.717, 1.165) is 17.0 Å². The molecule has 1 aliphatic rings. The summed E-state index contributed by atoms with van der Waals surface area (Å²) in [5.41, 5.74) is 8.19. The first-order valence-electron chi connectivity index (χ1n) is 5.11. The maximum atomic E-state index is 12.9. The summed E-state index contributed by atoms with van der Waals surface area (Å²) >= 11 is 0. The lowest BCUT2D eigenvalue weighted by atomic mass is 9.97. The molecule has 0 amide bonds. The van der Waals surface area contributed by atoms with Gasteiger partial charge in [0, 0.05) is 6.04 Å². The van der Waals surface area contributed by atoms with E-state index in [2.05, 4.69) is 6.92 Å². The highest BCUT2D eigenvalue weighted by Crippen LogP contribution is 2.46. The van der Waals surface area contributed by atoms with Crippen molar-refractivity contribution in [1.29, 1.82) is 0 Å². The van der Waals surface area contributed by atoms with E-state index in [9.17, 15) is 4.39 Å². The molecule has 0 bridgehead atoms. The maximum Gasteiger partial charge on any atom is 0.123 e. The highest BCUT2D eigenvalue weighted by atomic mass is 19.1. The average molecular weight is 193 g/mol. The summed E-state index contributed by atoms with van der Waals surface area (Å²) in [6.07, 6.45) is 1.21. The number of rotatable bonds is 2. The molecule has 1 aliphatic carbocycles. The van der Waals surface area contributed by atoms with E-state index in [4.69, 9.17) is 5.73 Å². The SMILES string of the molecule is Cc1cc(F)ccc1C(N)C1CC1C. The molecular formula is C12H16FN. The third-order valence-electron chi connectivity index (χ3n) is 3.22. The van der Waals surface area contributed by atoms with Gasteiger partial charge in [-0.05, 0) is 48.4 Å². The molecule has 2 heteroatoms. The molecule has 2 rings (SSSR count). The topological polar surface area (TPSA) is 26.0 Å². The lowest BCUT2D eigenvalue weighted by Gasteiger charge is -2.14. The van der Waals surface area contributed by atoms with Gasteiger partial charge >= 0.3 is 0 Å². The standard InChI is InChI=1S/C12H16FN/c1-7-5-9(13)3-4-10(7)12(14)11-6-8(11)2/h3-5,8,11-12H,6,14H2,1-2H3. The zero-order valence-corrected chi connectivity index (χ0v) is 8.63. The molecule has 76 valence electrons. The van der Waals surface area contributed by atoms with Gasteiger partial charge in [0.05, 0.1) is 0 Å². The van der Waals surface area contributed by atoms with Crippen molar-refractivity contribution in [2.75, 3.05) is 0 Å². The zero-order chi connectivity index (χ0) is 10.3. The van der Waals surface area contributed by atoms with Crippen molar-refractivity contribution in [3.8, 4) is 0 Å². The Morgan fingerprint density at radius 3 is 2.64 bits per heavy atom. The van der Waals surface area contributed by atoms with Gasteiger partial charge in [-0.25, -0.2) is 4.39 Å². The van der Waals surface area contributed by atoms with Gasteiger partial charge in [0.15, 0.2) is 0 Å². The van der Waals surface area contributed by atoms with Crippen LogP contribution in [0.1, 0.15) is 30.5 Å². The van der Waals surface area contributed by atoms with Crippen LogP contribution in [0.5, 0.6) is 0 Å². The Bertz CT molecular complexity index is 348. The van der Waals surface area contributed by atoms with Gasteiger partial charge in [0.2, 0.25) is 0 Å². The Hall–Kier alpha value is -0.890. The Labute approximate surface area is 84.1 Å². The number of nitrogens with two attached hydrogens (primary N) is 1. The van der Waals surface area contributed by atoms with Crippen LogP contribution in [0.15, 0.2) is 18.2 Å². The molecule has 2 N–H and O–H groups in total. The molecule has 3 unspecified atom stereocenters. The lowest BCUT2D eigenvalue weighted by molar-refractivity contribution is 0.584. The summed E-state index contributed by atoms with van der Waals surface area (Å²) in [6, 6.07) is 4.96. The minimum absolute atomic E-state index is 0.0885. The molecule has 1 aromatic rings. The molecule has 0 radical (unpaired) electrons. The van der Waals surface area contributed by atoms with Crippen molar-refractivity contribution in [2.24, 2.45) is 17.6 Å². The lowest BCUT2D eigenvalue weighted by Crippen LogP contribution is -2.14. The van der Waals surface area contributed by atoms with E-state index in [-0.39, 0.29) is 11.9 Å². The van der Waals surface area contributed by atoms with Crippen LogP contribution in [0.3, 0.4) is 0 Å². The Kier molecular flexibility index (Phi) is 2.31. The quantitative estimate of drug-likeness (QED) is 0.768. The molecule has 0 aliphatic heterocycles. The second kappa shape index (κ2) is 3.35. The molecular weight excluding hydrogens is 177 g/mol. The maximum absolute atomic E-state index is 12.9. The van der Waals surface area contributed by atoms with Gasteiger partial charge in [0.25, 0.3) is 0 Å². The normalized spacial score (nSPS) is 27.4. The van der Waals surface area contributed by atoms with Crippen LogP contribution in [0.4, 0.5) is 4.39 Å². The van der Waals surface area contributed by atoms with Crippen molar-refractivity contribution >= 4 is 0 Å². The van der Waals surface area contributed by atoms with E-state index in [1.807, 2.05) is 13.0 Å². The molecule has 1 fully saturated rings. The van der Waals surface area contributed by atoms with Crippen LogP contribution in [0, 0.1) is 24.6 Å². The van der Waals surface area contributed by atoms with Crippen molar-refractivity contribution in [2.45, 2.75) is 26.3 Å². The summed E-state index contributed by atoms with van der Waals surface area (Å²) in [4.78, 5) is 0. The van der Waals surface area contributed by atoms with Gasteiger partial charge in [0.1, 0.15) is 5.82 Å². The predicted octanol–water partition coefficient (Wildman–Crippen LogP) is 2.79. The number of aryl methyl sites for hydroxylation is 1. The first kappa shape index (κ1) is 9.66. The van der Waals surface area contributed by atoms with E-state index in [1.54, 1.807) is 6.07 Å². The van der Waals surface area contributed by atoms with Crippen molar-refractivity contribution in [3.05, 3.63) is 35.1 Å². The third kappa shape index (κ3) is 1.67. The van der Waals surface area contributed by atoms with Crippen LogP contribution in [0.25, 0.3) is 0 Å². The first-order chi connectivity index (χ1) is 6.59. The van der Waals surface area contributed by atoms with Gasteiger partial charge in [-0.15, -0.1) is 0 Å². The Morgan fingerprint density at radius 2 is 2.14 bits per heavy atom. The second-order valence-electron chi connectivity index (χ2n) is 4.40. The first-order valence-corrected chi connectivity index (χ1v) is 5.11. The average Bonchev–Trinajstić information content (AvgIpc) is 2.81. The van der Waals surface area contributed by atoms with Gasteiger partial charge < -0.3 is 5.73 Å². The summed E-state index contributed by atoms with van der Waals surface area (Å²) in [5, 5.41) is 0. The molecule has 0 heterocycles. The van der Waals surface area contributed by atoms with Crippen LogP contribution in [-0.2, 0) is 0 Å². The molecule has 0 aromatic heterocycles. The number of benzene rings is 1. The van der Waals surface area contributed by atoms with E-state index < -0.39 is 0 Å². The summed E-state index contributed by atoms with van der Waals surface area (Å²) in [7, 11) is 0. The molecule has 0 saturated heterocycles. The van der Waals surface area contributed by atoms with Gasteiger partial charge in [-0.1, -0.05) is 13.0 Å². The summed E-state index contributed by atoms with van der Waals surface area (Å²) < 4.78 is 12.9. The Morgan fingerprint density at radius 1 is 1.50 bits per heavy atom. The zero-order valence-electron chi connectivity index (χ0n) is 8.63. The van der Waals surface area contributed by atoms with Crippen LogP contribution < -0.4 is 5.73 Å². The summed E-state index contributed by atoms with van der Waals surface area (Å²) in [6.45, 7) is 4.13. The highest BCUT2D eigenvalue weighted by molar-refractivity contribution is 5.30. The monoisotopic (exact) mass is 193 g/mol. The van der Waals surface area contributed by atoms with Gasteiger partial charge in [-0.2, -0.15) is 0 Å².